The molecule has 1 heterocycles. The van der Waals surface area contributed by atoms with Crippen LogP contribution in [-0.2, 0) is 0 Å². The van der Waals surface area contributed by atoms with Crippen molar-refractivity contribution in [1.82, 2.24) is 9.97 Å². The van der Waals surface area contributed by atoms with Crippen molar-refractivity contribution in [2.75, 3.05) is 10.6 Å². The number of hydrogen-bond acceptors (Lipinski definition) is 6. The van der Waals surface area contributed by atoms with Gasteiger partial charge in [-0.25, -0.2) is 4.98 Å². The number of aliphatic hydroxyl groups is 1. The van der Waals surface area contributed by atoms with Crippen molar-refractivity contribution < 1.29 is 23.1 Å². The Morgan fingerprint density at radius 3 is 2.66 bits per heavy atom. The fourth-order valence-electron chi connectivity index (χ4n) is 4.01. The van der Waals surface area contributed by atoms with Gasteiger partial charge in [0.1, 0.15) is 5.82 Å². The summed E-state index contributed by atoms with van der Waals surface area (Å²) in [4.78, 5) is 20.2. The molecule has 1 aromatic heterocycles. The average molecular weight is 415 g/mol. The smallest absolute Gasteiger partial charge is 0.389 e. The van der Waals surface area contributed by atoms with Crippen molar-refractivity contribution in [3.8, 4) is 0 Å². The van der Waals surface area contributed by atoms with Gasteiger partial charge in [-0.2, -0.15) is 18.2 Å². The molecular formula is C19H28F3N5O2. The Morgan fingerprint density at radius 2 is 2.10 bits per heavy atom. The zero-order valence-corrected chi connectivity index (χ0v) is 16.4. The summed E-state index contributed by atoms with van der Waals surface area (Å²) in [7, 11) is 0. The van der Waals surface area contributed by atoms with E-state index in [1.165, 1.54) is 6.20 Å². The Balaban J connectivity index is 1.75. The third-order valence-corrected chi connectivity index (χ3v) is 6.12. The highest BCUT2D eigenvalue weighted by atomic mass is 19.4. The first kappa shape index (κ1) is 21.6. The minimum Gasteiger partial charge on any atom is -0.393 e. The zero-order chi connectivity index (χ0) is 21.2. The molecular weight excluding hydrogens is 387 g/mol. The van der Waals surface area contributed by atoms with E-state index in [1.54, 1.807) is 0 Å². The Bertz CT molecular complexity index is 739. The standard InChI is InChI=1S/C19H28F3N5O2/c1-11-3-4-12(9-14(11)28)25-16-13(15(23)29)10-24-17(26-16)27-18(5-2-6-18)7-8-19(20,21)22/h10-12,14,28H,2-9H2,1H3,(H2,23,29)(H2,24,25,26,27)/t11-,12-,14-/m1/s1. The van der Waals surface area contributed by atoms with Crippen molar-refractivity contribution in [2.45, 2.75) is 82.2 Å². The largest absolute Gasteiger partial charge is 0.393 e. The average Bonchev–Trinajstić information content (AvgIpc) is 2.59. The lowest BCUT2D eigenvalue weighted by atomic mass is 9.73. The van der Waals surface area contributed by atoms with Gasteiger partial charge in [-0.3, -0.25) is 4.79 Å². The molecule has 0 saturated heterocycles. The number of rotatable bonds is 7. The highest BCUT2D eigenvalue weighted by Gasteiger charge is 2.41. The van der Waals surface area contributed by atoms with E-state index in [2.05, 4.69) is 20.6 Å². The second kappa shape index (κ2) is 8.33. The lowest BCUT2D eigenvalue weighted by Gasteiger charge is -2.43. The van der Waals surface area contributed by atoms with Gasteiger partial charge in [0.25, 0.3) is 5.91 Å². The fourth-order valence-corrected chi connectivity index (χ4v) is 4.01. The number of anilines is 2. The number of nitrogens with two attached hydrogens (primary N) is 1. The first-order valence-electron chi connectivity index (χ1n) is 10.0. The molecule has 3 atom stereocenters. The maximum absolute atomic E-state index is 12.7. The van der Waals surface area contributed by atoms with Crippen molar-refractivity contribution in [2.24, 2.45) is 11.7 Å². The topological polar surface area (TPSA) is 113 Å². The normalized spacial score (nSPS) is 26.4. The van der Waals surface area contributed by atoms with Crippen LogP contribution in [0.2, 0.25) is 0 Å². The summed E-state index contributed by atoms with van der Waals surface area (Å²) in [5, 5.41) is 16.3. The summed E-state index contributed by atoms with van der Waals surface area (Å²) in [6.45, 7) is 1.99. The molecule has 10 heteroatoms. The summed E-state index contributed by atoms with van der Waals surface area (Å²) in [6.07, 6.45) is -0.0765. The summed E-state index contributed by atoms with van der Waals surface area (Å²) >= 11 is 0. The van der Waals surface area contributed by atoms with E-state index >= 15 is 0 Å². The first-order chi connectivity index (χ1) is 13.6. The number of halogens is 3. The fraction of sp³-hybridized carbons (Fsp3) is 0.737. The quantitative estimate of drug-likeness (QED) is 0.544. The highest BCUT2D eigenvalue weighted by Crippen LogP contribution is 2.41. The van der Waals surface area contributed by atoms with Gasteiger partial charge >= 0.3 is 6.18 Å². The number of primary amides is 1. The summed E-state index contributed by atoms with van der Waals surface area (Å²) in [6, 6.07) is -0.0788. The maximum Gasteiger partial charge on any atom is 0.389 e. The Hall–Kier alpha value is -2.10. The van der Waals surface area contributed by atoms with Crippen molar-refractivity contribution in [3.05, 3.63) is 11.8 Å². The van der Waals surface area contributed by atoms with Crippen molar-refractivity contribution in [3.63, 3.8) is 0 Å². The summed E-state index contributed by atoms with van der Waals surface area (Å²) < 4.78 is 38.0. The van der Waals surface area contributed by atoms with Gasteiger partial charge in [-0.15, -0.1) is 0 Å². The first-order valence-corrected chi connectivity index (χ1v) is 10.0. The van der Waals surface area contributed by atoms with Gasteiger partial charge in [-0.05, 0) is 50.9 Å². The third kappa shape index (κ3) is 5.49. The maximum atomic E-state index is 12.7. The molecule has 5 N–H and O–H groups in total. The van der Waals surface area contributed by atoms with E-state index in [-0.39, 0.29) is 35.7 Å². The number of aromatic nitrogens is 2. The van der Waals surface area contributed by atoms with Crippen LogP contribution in [0, 0.1) is 5.92 Å². The predicted octanol–water partition coefficient (Wildman–Crippen LogP) is 3.21. The summed E-state index contributed by atoms with van der Waals surface area (Å²) in [5.41, 5.74) is 4.86. The van der Waals surface area contributed by atoms with Gasteiger partial charge in [0.15, 0.2) is 0 Å². The number of nitrogens with one attached hydrogen (secondary N) is 2. The number of alkyl halides is 3. The van der Waals surface area contributed by atoms with Crippen LogP contribution in [0.4, 0.5) is 24.9 Å². The molecule has 1 aromatic rings. The molecule has 0 unspecified atom stereocenters. The lowest BCUT2D eigenvalue weighted by molar-refractivity contribution is -0.139. The van der Waals surface area contributed by atoms with E-state index in [9.17, 15) is 23.1 Å². The molecule has 1 amide bonds. The number of amides is 1. The second-order valence-corrected chi connectivity index (χ2v) is 8.39. The van der Waals surface area contributed by atoms with Gasteiger partial charge in [0.2, 0.25) is 5.95 Å². The van der Waals surface area contributed by atoms with E-state index in [1.807, 2.05) is 6.92 Å². The molecule has 0 radical (unpaired) electrons. The van der Waals surface area contributed by atoms with Crippen LogP contribution >= 0.6 is 0 Å². The number of nitrogens with zero attached hydrogens (tertiary/aromatic N) is 2. The Morgan fingerprint density at radius 1 is 1.38 bits per heavy atom. The third-order valence-electron chi connectivity index (χ3n) is 6.12. The van der Waals surface area contributed by atoms with Gasteiger partial charge in [-0.1, -0.05) is 6.92 Å². The van der Waals surface area contributed by atoms with E-state index in [4.69, 9.17) is 5.73 Å². The van der Waals surface area contributed by atoms with Gasteiger partial charge in [0.05, 0.1) is 11.7 Å². The minimum atomic E-state index is -4.22. The molecule has 0 spiro atoms. The minimum absolute atomic E-state index is 0.0487. The molecule has 0 bridgehead atoms. The Labute approximate surface area is 167 Å². The van der Waals surface area contributed by atoms with Crippen LogP contribution in [0.5, 0.6) is 0 Å². The molecule has 2 aliphatic carbocycles. The van der Waals surface area contributed by atoms with E-state index in [0.29, 0.717) is 19.3 Å². The van der Waals surface area contributed by atoms with Gasteiger partial charge < -0.3 is 21.5 Å². The molecule has 0 aromatic carbocycles. The molecule has 2 fully saturated rings. The Kier molecular flexibility index (Phi) is 6.21. The van der Waals surface area contributed by atoms with Crippen LogP contribution in [0.15, 0.2) is 6.20 Å². The molecule has 2 saturated carbocycles. The molecule has 29 heavy (non-hydrogen) atoms. The molecule has 3 rings (SSSR count). The molecule has 2 aliphatic rings. The second-order valence-electron chi connectivity index (χ2n) is 8.39. The monoisotopic (exact) mass is 415 g/mol. The van der Waals surface area contributed by atoms with Crippen molar-refractivity contribution in [1.29, 1.82) is 0 Å². The van der Waals surface area contributed by atoms with E-state index in [0.717, 1.165) is 19.3 Å². The van der Waals surface area contributed by atoms with E-state index < -0.39 is 30.1 Å². The molecule has 0 aliphatic heterocycles. The van der Waals surface area contributed by atoms with Gasteiger partial charge in [0, 0.05) is 24.2 Å². The van der Waals surface area contributed by atoms with Crippen LogP contribution in [0.1, 0.15) is 68.6 Å². The summed E-state index contributed by atoms with van der Waals surface area (Å²) in [5.74, 6) is -0.0752. The van der Waals surface area contributed by atoms with Crippen LogP contribution in [0.25, 0.3) is 0 Å². The zero-order valence-electron chi connectivity index (χ0n) is 16.4. The van der Waals surface area contributed by atoms with Crippen molar-refractivity contribution >= 4 is 17.7 Å². The van der Waals surface area contributed by atoms with Crippen LogP contribution in [0.3, 0.4) is 0 Å². The highest BCUT2D eigenvalue weighted by molar-refractivity contribution is 5.97. The molecule has 7 nitrogen and oxygen atoms in total. The number of aliphatic hydroxyl groups excluding tert-OH is 1. The van der Waals surface area contributed by atoms with Crippen LogP contribution in [-0.4, -0.2) is 44.8 Å². The predicted molar refractivity (Wildman–Crippen MR) is 102 cm³/mol. The number of hydrogen-bond donors (Lipinski definition) is 4. The molecule has 162 valence electrons. The number of carbonyl (C=O) groups is 1. The number of carbonyl (C=O) groups excluding carboxylic acids is 1. The SMILES string of the molecule is C[C@@H]1CC[C@@H](Nc2nc(NC3(CCC(F)(F)F)CCC3)ncc2C(N)=O)C[C@H]1O. The van der Waals surface area contributed by atoms with Crippen LogP contribution < -0.4 is 16.4 Å². The lowest BCUT2D eigenvalue weighted by Crippen LogP contribution is -2.46.